The first-order valence-corrected chi connectivity index (χ1v) is 7.54. The van der Waals surface area contributed by atoms with Gasteiger partial charge in [-0.2, -0.15) is 0 Å². The Hall–Kier alpha value is -1.30. The number of nitrogens with one attached hydrogen (secondary N) is 1. The lowest BCUT2D eigenvalue weighted by atomic mass is 9.78. The first-order valence-electron chi connectivity index (χ1n) is 7.54. The third-order valence-electron chi connectivity index (χ3n) is 4.52. The third-order valence-corrected chi connectivity index (χ3v) is 4.52. The van der Waals surface area contributed by atoms with E-state index in [0.29, 0.717) is 12.5 Å². The second-order valence-corrected chi connectivity index (χ2v) is 5.80. The summed E-state index contributed by atoms with van der Waals surface area (Å²) in [5.41, 5.74) is 0. The molecule has 3 atom stereocenters. The first kappa shape index (κ1) is 15.1. The van der Waals surface area contributed by atoms with Crippen molar-refractivity contribution in [1.29, 1.82) is 0 Å². The predicted molar refractivity (Wildman–Crippen MR) is 73.3 cm³/mol. The number of carbonyl (C=O) groups is 2. The van der Waals surface area contributed by atoms with E-state index in [2.05, 4.69) is 5.32 Å². The Labute approximate surface area is 119 Å². The van der Waals surface area contributed by atoms with Gasteiger partial charge in [-0.1, -0.05) is 12.8 Å². The zero-order valence-corrected chi connectivity index (χ0v) is 11.8. The second kappa shape index (κ2) is 6.92. The lowest BCUT2D eigenvalue weighted by Crippen LogP contribution is -2.56. The Morgan fingerprint density at radius 3 is 2.60 bits per heavy atom. The number of likely N-dealkylation sites (tertiary alicyclic amines) is 1. The minimum absolute atomic E-state index is 0.0447. The average Bonchev–Trinajstić information content (AvgIpc) is 2.46. The monoisotopic (exact) mass is 284 g/mol. The molecule has 0 bridgehead atoms. The number of hydrogen-bond donors (Lipinski definition) is 3. The van der Waals surface area contributed by atoms with E-state index in [1.54, 1.807) is 0 Å². The Bertz CT molecular complexity index is 359. The largest absolute Gasteiger partial charge is 0.480 e. The van der Waals surface area contributed by atoms with Crippen LogP contribution in [0.1, 0.15) is 44.9 Å². The molecule has 1 aliphatic carbocycles. The van der Waals surface area contributed by atoms with Crippen molar-refractivity contribution in [2.75, 3.05) is 13.2 Å². The van der Waals surface area contributed by atoms with Crippen LogP contribution in [-0.4, -0.2) is 52.3 Å². The zero-order valence-electron chi connectivity index (χ0n) is 11.8. The molecule has 0 radical (unpaired) electrons. The quantitative estimate of drug-likeness (QED) is 0.723. The molecular formula is C14H24N2O4. The van der Waals surface area contributed by atoms with Crippen LogP contribution in [0, 0.1) is 5.92 Å². The van der Waals surface area contributed by atoms with Crippen molar-refractivity contribution in [3.63, 3.8) is 0 Å². The number of aliphatic hydroxyl groups excluding tert-OH is 1. The van der Waals surface area contributed by atoms with Crippen LogP contribution in [0.4, 0.5) is 4.79 Å². The molecule has 0 aromatic rings. The summed E-state index contributed by atoms with van der Waals surface area (Å²) in [7, 11) is 0. The topological polar surface area (TPSA) is 89.9 Å². The molecule has 0 aromatic carbocycles. The Morgan fingerprint density at radius 1 is 1.20 bits per heavy atom. The van der Waals surface area contributed by atoms with E-state index >= 15 is 0 Å². The molecule has 2 rings (SSSR count). The predicted octanol–water partition coefficient (Wildman–Crippen LogP) is 1.19. The van der Waals surface area contributed by atoms with E-state index in [0.717, 1.165) is 19.3 Å². The number of aliphatic carboxylic acids is 1. The van der Waals surface area contributed by atoms with Crippen molar-refractivity contribution in [1.82, 2.24) is 10.2 Å². The second-order valence-electron chi connectivity index (χ2n) is 5.80. The van der Waals surface area contributed by atoms with Crippen molar-refractivity contribution < 1.29 is 19.8 Å². The van der Waals surface area contributed by atoms with Gasteiger partial charge in [0.25, 0.3) is 0 Å². The molecule has 2 aliphatic rings. The maximum absolute atomic E-state index is 12.3. The van der Waals surface area contributed by atoms with Gasteiger partial charge in [-0.3, -0.25) is 0 Å². The van der Waals surface area contributed by atoms with Crippen molar-refractivity contribution in [2.45, 2.75) is 57.0 Å². The summed E-state index contributed by atoms with van der Waals surface area (Å²) in [6.45, 7) is 0.460. The molecule has 6 heteroatoms. The summed E-state index contributed by atoms with van der Waals surface area (Å²) in [6, 6.07) is -1.03. The van der Waals surface area contributed by atoms with Gasteiger partial charge in [0.1, 0.15) is 6.04 Å². The highest BCUT2D eigenvalue weighted by Crippen LogP contribution is 2.35. The number of hydrogen-bond acceptors (Lipinski definition) is 3. The molecule has 2 fully saturated rings. The number of nitrogens with zero attached hydrogens (tertiary/aromatic N) is 1. The van der Waals surface area contributed by atoms with E-state index in [-0.39, 0.29) is 25.1 Å². The van der Waals surface area contributed by atoms with Crippen LogP contribution < -0.4 is 5.32 Å². The van der Waals surface area contributed by atoms with Crippen LogP contribution in [0.3, 0.4) is 0 Å². The van der Waals surface area contributed by atoms with Gasteiger partial charge in [-0.25, -0.2) is 9.59 Å². The molecule has 1 unspecified atom stereocenters. The zero-order chi connectivity index (χ0) is 14.5. The van der Waals surface area contributed by atoms with Gasteiger partial charge in [0.2, 0.25) is 0 Å². The Kier molecular flexibility index (Phi) is 5.23. The van der Waals surface area contributed by atoms with Crippen LogP contribution in [0.15, 0.2) is 0 Å². The number of piperidine rings is 1. The van der Waals surface area contributed by atoms with E-state index in [4.69, 9.17) is 10.2 Å². The van der Waals surface area contributed by atoms with E-state index < -0.39 is 12.0 Å². The molecular weight excluding hydrogens is 260 g/mol. The molecule has 1 saturated heterocycles. The molecule has 114 valence electrons. The van der Waals surface area contributed by atoms with E-state index in [1.165, 1.54) is 19.3 Å². The summed E-state index contributed by atoms with van der Waals surface area (Å²) in [4.78, 5) is 25.2. The molecule has 20 heavy (non-hydrogen) atoms. The highest BCUT2D eigenvalue weighted by Gasteiger charge is 2.36. The lowest BCUT2D eigenvalue weighted by molar-refractivity contribution is -0.139. The minimum atomic E-state index is -1.09. The maximum Gasteiger partial charge on any atom is 0.326 e. The number of aliphatic hydroxyl groups is 1. The highest BCUT2D eigenvalue weighted by molar-refractivity contribution is 5.82. The number of amides is 2. The number of fused-ring (bicyclic) bond motifs is 1. The summed E-state index contributed by atoms with van der Waals surface area (Å²) >= 11 is 0. The third kappa shape index (κ3) is 3.42. The maximum atomic E-state index is 12.3. The fourth-order valence-corrected chi connectivity index (χ4v) is 3.50. The Morgan fingerprint density at radius 2 is 1.90 bits per heavy atom. The number of carboxylic acid groups (broad SMARTS) is 1. The SMILES string of the molecule is O=C(O)C(CCO)NC(=O)N1CCC[C@H]2CCCC[C@H]21. The number of rotatable bonds is 4. The van der Waals surface area contributed by atoms with Gasteiger partial charge in [0.05, 0.1) is 0 Å². The van der Waals surface area contributed by atoms with Crippen LogP contribution >= 0.6 is 0 Å². The lowest BCUT2D eigenvalue weighted by Gasteiger charge is -2.44. The van der Waals surface area contributed by atoms with Crippen molar-refractivity contribution in [2.24, 2.45) is 5.92 Å². The van der Waals surface area contributed by atoms with Crippen LogP contribution in [0.2, 0.25) is 0 Å². The highest BCUT2D eigenvalue weighted by atomic mass is 16.4. The molecule has 1 heterocycles. The fourth-order valence-electron chi connectivity index (χ4n) is 3.50. The van der Waals surface area contributed by atoms with Gasteiger partial charge >= 0.3 is 12.0 Å². The summed E-state index contributed by atoms with van der Waals surface area (Å²) < 4.78 is 0. The van der Waals surface area contributed by atoms with Gasteiger partial charge in [0, 0.05) is 25.6 Å². The van der Waals surface area contributed by atoms with Gasteiger partial charge in [0.15, 0.2) is 0 Å². The Balaban J connectivity index is 1.97. The number of urea groups is 1. The molecule has 0 aromatic heterocycles. The van der Waals surface area contributed by atoms with Crippen molar-refractivity contribution in [3.05, 3.63) is 0 Å². The van der Waals surface area contributed by atoms with E-state index in [1.807, 2.05) is 4.90 Å². The van der Waals surface area contributed by atoms with Crippen molar-refractivity contribution in [3.8, 4) is 0 Å². The summed E-state index contributed by atoms with van der Waals surface area (Å²) in [6.07, 6.45) is 6.79. The van der Waals surface area contributed by atoms with Crippen LogP contribution in [-0.2, 0) is 4.79 Å². The van der Waals surface area contributed by atoms with Crippen LogP contribution in [0.5, 0.6) is 0 Å². The first-order chi connectivity index (χ1) is 9.63. The average molecular weight is 284 g/mol. The molecule has 1 saturated carbocycles. The number of carboxylic acids is 1. The number of carbonyl (C=O) groups excluding carboxylic acids is 1. The summed E-state index contributed by atoms with van der Waals surface area (Å²) in [5.74, 6) is -0.519. The minimum Gasteiger partial charge on any atom is -0.480 e. The molecule has 0 spiro atoms. The smallest absolute Gasteiger partial charge is 0.326 e. The molecule has 3 N–H and O–H groups in total. The van der Waals surface area contributed by atoms with Gasteiger partial charge < -0.3 is 20.4 Å². The molecule has 6 nitrogen and oxygen atoms in total. The van der Waals surface area contributed by atoms with Gasteiger partial charge in [-0.05, 0) is 31.6 Å². The van der Waals surface area contributed by atoms with Crippen LogP contribution in [0.25, 0.3) is 0 Å². The normalized spacial score (nSPS) is 27.6. The fraction of sp³-hybridized carbons (Fsp3) is 0.857. The molecule has 2 amide bonds. The summed E-state index contributed by atoms with van der Waals surface area (Å²) in [5, 5.41) is 20.5. The molecule has 1 aliphatic heterocycles. The standard InChI is InChI=1S/C14H24N2O4/c17-9-7-11(13(18)19)15-14(20)16-8-3-5-10-4-1-2-6-12(10)16/h10-12,17H,1-9H2,(H,15,20)(H,18,19)/t10-,11?,12-/m1/s1. The van der Waals surface area contributed by atoms with E-state index in [9.17, 15) is 9.59 Å². The van der Waals surface area contributed by atoms with Gasteiger partial charge in [-0.15, -0.1) is 0 Å². The van der Waals surface area contributed by atoms with Crippen molar-refractivity contribution >= 4 is 12.0 Å².